The molecule has 4 aromatic rings. The minimum atomic E-state index is -0.310. The van der Waals surface area contributed by atoms with E-state index in [9.17, 15) is 9.18 Å². The molecule has 0 radical (unpaired) electrons. The molecular weight excluding hydrogens is 371 g/mol. The van der Waals surface area contributed by atoms with Gasteiger partial charge in [-0.1, -0.05) is 36.4 Å². The second-order valence-electron chi connectivity index (χ2n) is 7.29. The van der Waals surface area contributed by atoms with E-state index in [1.165, 1.54) is 52.3 Å². The van der Waals surface area contributed by atoms with Crippen molar-refractivity contribution >= 4 is 21.6 Å². The number of rotatable bonds is 3. The average molecular weight is 390 g/mol. The first-order chi connectivity index (χ1) is 13.7. The number of halogens is 1. The van der Waals surface area contributed by atoms with Crippen LogP contribution in [0.1, 0.15) is 29.5 Å². The van der Waals surface area contributed by atoms with Crippen molar-refractivity contribution < 1.29 is 4.39 Å². The van der Waals surface area contributed by atoms with Crippen LogP contribution in [0.2, 0.25) is 0 Å². The van der Waals surface area contributed by atoms with Crippen molar-refractivity contribution in [3.8, 4) is 11.1 Å². The first kappa shape index (κ1) is 17.3. The molecule has 0 saturated carbocycles. The second-order valence-corrected chi connectivity index (χ2v) is 8.15. The van der Waals surface area contributed by atoms with Gasteiger partial charge in [-0.15, -0.1) is 11.3 Å². The van der Waals surface area contributed by atoms with Gasteiger partial charge >= 0.3 is 0 Å². The number of nitrogens with zero attached hydrogens (tertiary/aromatic N) is 2. The Balaban J connectivity index is 1.61. The molecule has 1 aliphatic rings. The van der Waals surface area contributed by atoms with Crippen molar-refractivity contribution in [3.63, 3.8) is 0 Å². The van der Waals surface area contributed by atoms with Gasteiger partial charge in [-0.2, -0.15) is 0 Å². The maximum absolute atomic E-state index is 14.0. The lowest BCUT2D eigenvalue weighted by Crippen LogP contribution is -2.21. The number of aryl methyl sites for hydroxylation is 2. The van der Waals surface area contributed by atoms with Crippen molar-refractivity contribution in [2.75, 3.05) is 0 Å². The lowest BCUT2D eigenvalue weighted by Gasteiger charge is -2.16. The molecule has 0 amide bonds. The van der Waals surface area contributed by atoms with E-state index in [0.717, 1.165) is 28.8 Å². The summed E-state index contributed by atoms with van der Waals surface area (Å²) in [5, 5.41) is 2.64. The van der Waals surface area contributed by atoms with Gasteiger partial charge in [-0.05, 0) is 48.4 Å². The molecular formula is C23H19FN2OS. The largest absolute Gasteiger partial charge is 0.294 e. The molecule has 3 nitrogen and oxygen atoms in total. The van der Waals surface area contributed by atoms with E-state index >= 15 is 0 Å². The summed E-state index contributed by atoms with van der Waals surface area (Å²) in [6.45, 7) is 0.175. The molecule has 2 aromatic carbocycles. The summed E-state index contributed by atoms with van der Waals surface area (Å²) in [6.07, 6.45) is 6.22. The van der Waals surface area contributed by atoms with Crippen molar-refractivity contribution in [1.82, 2.24) is 9.55 Å². The van der Waals surface area contributed by atoms with Crippen molar-refractivity contribution in [3.05, 3.63) is 87.0 Å². The zero-order valence-corrected chi connectivity index (χ0v) is 16.1. The summed E-state index contributed by atoms with van der Waals surface area (Å²) in [6, 6.07) is 13.1. The fraction of sp³-hybridized carbons (Fsp3) is 0.217. The smallest absolute Gasteiger partial charge is 0.263 e. The summed E-state index contributed by atoms with van der Waals surface area (Å²) < 4.78 is 15.5. The van der Waals surface area contributed by atoms with Gasteiger partial charge in [0.25, 0.3) is 5.56 Å². The van der Waals surface area contributed by atoms with E-state index in [1.807, 2.05) is 5.38 Å². The van der Waals surface area contributed by atoms with E-state index < -0.39 is 0 Å². The molecule has 2 heterocycles. The number of hydrogen-bond acceptors (Lipinski definition) is 3. The lowest BCUT2D eigenvalue weighted by molar-refractivity contribution is 0.595. The molecule has 0 fully saturated rings. The van der Waals surface area contributed by atoms with E-state index in [0.29, 0.717) is 10.9 Å². The Hall–Kier alpha value is -2.79. The molecule has 1 aliphatic carbocycles. The standard InChI is InChI=1S/C23H19FN2OS/c24-20-8-4-3-7-18(20)12-26-14-25-22-21(23(26)27)19(13-28-22)17-10-9-15-5-1-2-6-16(15)11-17/h3-4,7-11,13-14H,1-2,5-6,12H2. The van der Waals surface area contributed by atoms with Gasteiger partial charge in [0.15, 0.2) is 0 Å². The summed E-state index contributed by atoms with van der Waals surface area (Å²) in [4.78, 5) is 18.4. The van der Waals surface area contributed by atoms with Crippen LogP contribution in [0.4, 0.5) is 4.39 Å². The van der Waals surface area contributed by atoms with Crippen molar-refractivity contribution in [2.45, 2.75) is 32.2 Å². The van der Waals surface area contributed by atoms with Gasteiger partial charge in [-0.3, -0.25) is 9.36 Å². The number of fused-ring (bicyclic) bond motifs is 2. The van der Waals surface area contributed by atoms with Crippen LogP contribution < -0.4 is 5.56 Å². The zero-order chi connectivity index (χ0) is 19.1. The monoisotopic (exact) mass is 390 g/mol. The number of aromatic nitrogens is 2. The van der Waals surface area contributed by atoms with E-state index in [-0.39, 0.29) is 17.9 Å². The van der Waals surface area contributed by atoms with Crippen LogP contribution in [0, 0.1) is 5.82 Å². The predicted molar refractivity (Wildman–Crippen MR) is 111 cm³/mol. The van der Waals surface area contributed by atoms with Gasteiger partial charge in [0.05, 0.1) is 18.3 Å². The first-order valence-corrected chi connectivity index (χ1v) is 10.4. The second kappa shape index (κ2) is 6.99. The highest BCUT2D eigenvalue weighted by Crippen LogP contribution is 2.33. The normalized spacial score (nSPS) is 13.6. The van der Waals surface area contributed by atoms with E-state index in [2.05, 4.69) is 23.2 Å². The Labute approximate surface area is 166 Å². The fourth-order valence-corrected chi connectivity index (χ4v) is 4.91. The van der Waals surface area contributed by atoms with Crippen LogP contribution in [0.25, 0.3) is 21.3 Å². The summed E-state index contributed by atoms with van der Waals surface area (Å²) >= 11 is 1.48. The number of thiophene rings is 1. The molecule has 0 atom stereocenters. The highest BCUT2D eigenvalue weighted by Gasteiger charge is 2.16. The van der Waals surface area contributed by atoms with Gasteiger partial charge in [0.1, 0.15) is 10.6 Å². The summed E-state index contributed by atoms with van der Waals surface area (Å²) in [7, 11) is 0. The average Bonchev–Trinajstić information content (AvgIpc) is 3.16. The van der Waals surface area contributed by atoms with Crippen LogP contribution in [-0.2, 0) is 19.4 Å². The van der Waals surface area contributed by atoms with Crippen LogP contribution in [0.3, 0.4) is 0 Å². The van der Waals surface area contributed by atoms with Crippen molar-refractivity contribution in [2.24, 2.45) is 0 Å². The Morgan fingerprint density at radius 1 is 1.07 bits per heavy atom. The van der Waals surface area contributed by atoms with Crippen LogP contribution in [-0.4, -0.2) is 9.55 Å². The third-order valence-corrected chi connectivity index (χ3v) is 6.41. The third kappa shape index (κ3) is 2.96. The fourth-order valence-electron chi connectivity index (χ4n) is 4.00. The Morgan fingerprint density at radius 3 is 2.75 bits per heavy atom. The molecule has 0 bridgehead atoms. The van der Waals surface area contributed by atoms with Crippen LogP contribution in [0.15, 0.2) is 59.0 Å². The molecule has 0 saturated heterocycles. The Bertz CT molecular complexity index is 1240. The molecule has 0 spiro atoms. The molecule has 0 aliphatic heterocycles. The SMILES string of the molecule is O=c1c2c(-c3ccc4c(c3)CCCC4)csc2ncn1Cc1ccccc1F. The molecule has 5 heteroatoms. The lowest BCUT2D eigenvalue weighted by atomic mass is 9.89. The number of benzene rings is 2. The van der Waals surface area contributed by atoms with Gasteiger partial charge in [0.2, 0.25) is 0 Å². The topological polar surface area (TPSA) is 34.9 Å². The van der Waals surface area contributed by atoms with E-state index in [4.69, 9.17) is 0 Å². The molecule has 28 heavy (non-hydrogen) atoms. The molecule has 5 rings (SSSR count). The minimum Gasteiger partial charge on any atom is -0.294 e. The zero-order valence-electron chi connectivity index (χ0n) is 15.3. The van der Waals surface area contributed by atoms with E-state index in [1.54, 1.807) is 18.2 Å². The number of hydrogen-bond donors (Lipinski definition) is 0. The quantitative estimate of drug-likeness (QED) is 0.482. The summed E-state index contributed by atoms with van der Waals surface area (Å²) in [5.74, 6) is -0.310. The maximum atomic E-state index is 14.0. The van der Waals surface area contributed by atoms with Crippen molar-refractivity contribution in [1.29, 1.82) is 0 Å². The van der Waals surface area contributed by atoms with Crippen LogP contribution >= 0.6 is 11.3 Å². The Kier molecular flexibility index (Phi) is 4.32. The predicted octanol–water partition coefficient (Wildman–Crippen LogP) is 5.19. The molecule has 140 valence electrons. The van der Waals surface area contributed by atoms with Gasteiger partial charge in [-0.25, -0.2) is 9.37 Å². The first-order valence-electron chi connectivity index (χ1n) is 9.53. The Morgan fingerprint density at radius 2 is 1.89 bits per heavy atom. The third-order valence-electron chi connectivity index (χ3n) is 5.52. The highest BCUT2D eigenvalue weighted by molar-refractivity contribution is 7.17. The maximum Gasteiger partial charge on any atom is 0.263 e. The minimum absolute atomic E-state index is 0.123. The van der Waals surface area contributed by atoms with Gasteiger partial charge in [0, 0.05) is 16.5 Å². The van der Waals surface area contributed by atoms with Crippen LogP contribution in [0.5, 0.6) is 0 Å². The molecule has 0 unspecified atom stereocenters. The summed E-state index contributed by atoms with van der Waals surface area (Å²) in [5.41, 5.74) is 5.16. The van der Waals surface area contributed by atoms with Gasteiger partial charge < -0.3 is 0 Å². The highest BCUT2D eigenvalue weighted by atomic mass is 32.1. The molecule has 2 aromatic heterocycles. The molecule has 0 N–H and O–H groups in total.